The van der Waals surface area contributed by atoms with Gasteiger partial charge < -0.3 is 4.40 Å². The van der Waals surface area contributed by atoms with E-state index >= 15 is 0 Å². The second kappa shape index (κ2) is 5.32. The molecule has 0 saturated heterocycles. The Morgan fingerprint density at radius 2 is 1.41 bits per heavy atom. The molecule has 0 saturated carbocycles. The Hall–Kier alpha value is -2.58. The SMILES string of the molecule is Clc1ccc(-c2cn3cc(-c4ccccc4)ccc3n2)cc1. The highest BCUT2D eigenvalue weighted by atomic mass is 35.5. The molecule has 0 N–H and O–H groups in total. The van der Waals surface area contributed by atoms with Crippen LogP contribution in [0.3, 0.4) is 0 Å². The minimum atomic E-state index is 0.735. The normalized spacial score (nSPS) is 11.0. The zero-order valence-corrected chi connectivity index (χ0v) is 12.5. The van der Waals surface area contributed by atoms with E-state index in [4.69, 9.17) is 11.6 Å². The summed E-state index contributed by atoms with van der Waals surface area (Å²) in [6, 6.07) is 22.2. The van der Waals surface area contributed by atoms with Crippen molar-refractivity contribution in [1.29, 1.82) is 0 Å². The predicted molar refractivity (Wildman–Crippen MR) is 91.1 cm³/mol. The number of fused-ring (bicyclic) bond motifs is 1. The third-order valence-corrected chi connectivity index (χ3v) is 3.95. The molecule has 4 aromatic rings. The van der Waals surface area contributed by atoms with Crippen LogP contribution in [0.25, 0.3) is 28.0 Å². The van der Waals surface area contributed by atoms with Crippen molar-refractivity contribution in [2.75, 3.05) is 0 Å². The molecule has 0 aliphatic heterocycles. The van der Waals surface area contributed by atoms with E-state index in [2.05, 4.69) is 33.8 Å². The van der Waals surface area contributed by atoms with Crippen LogP contribution in [0.2, 0.25) is 5.02 Å². The lowest BCUT2D eigenvalue weighted by Gasteiger charge is -2.01. The number of aromatic nitrogens is 2. The number of hydrogen-bond donors (Lipinski definition) is 0. The van der Waals surface area contributed by atoms with E-state index in [0.29, 0.717) is 0 Å². The first-order valence-electron chi connectivity index (χ1n) is 7.10. The first-order valence-corrected chi connectivity index (χ1v) is 7.47. The monoisotopic (exact) mass is 304 g/mol. The fourth-order valence-electron chi connectivity index (χ4n) is 2.55. The predicted octanol–water partition coefficient (Wildman–Crippen LogP) is 5.32. The second-order valence-corrected chi connectivity index (χ2v) is 5.62. The van der Waals surface area contributed by atoms with Crippen molar-refractivity contribution in [1.82, 2.24) is 9.38 Å². The number of pyridine rings is 1. The van der Waals surface area contributed by atoms with Gasteiger partial charge in [0.25, 0.3) is 0 Å². The summed E-state index contributed by atoms with van der Waals surface area (Å²) in [4.78, 5) is 4.67. The fraction of sp³-hybridized carbons (Fsp3) is 0. The van der Waals surface area contributed by atoms with Crippen LogP contribution in [0.1, 0.15) is 0 Å². The molecule has 0 spiro atoms. The molecule has 0 aliphatic rings. The van der Waals surface area contributed by atoms with Crippen molar-refractivity contribution < 1.29 is 0 Å². The summed E-state index contributed by atoms with van der Waals surface area (Å²) in [6.07, 6.45) is 4.15. The van der Waals surface area contributed by atoms with Gasteiger partial charge in [-0.05, 0) is 35.4 Å². The Labute approximate surface area is 133 Å². The lowest BCUT2D eigenvalue weighted by molar-refractivity contribution is 1.19. The number of nitrogens with zero attached hydrogens (tertiary/aromatic N) is 2. The highest BCUT2D eigenvalue weighted by Gasteiger charge is 2.05. The van der Waals surface area contributed by atoms with Crippen molar-refractivity contribution in [3.8, 4) is 22.4 Å². The van der Waals surface area contributed by atoms with Crippen LogP contribution in [0.15, 0.2) is 79.1 Å². The van der Waals surface area contributed by atoms with Crippen LogP contribution >= 0.6 is 11.6 Å². The van der Waals surface area contributed by atoms with Gasteiger partial charge in [0.1, 0.15) is 5.65 Å². The van der Waals surface area contributed by atoms with Gasteiger partial charge >= 0.3 is 0 Å². The van der Waals surface area contributed by atoms with Gasteiger partial charge in [-0.15, -0.1) is 0 Å². The maximum atomic E-state index is 5.94. The molecule has 0 atom stereocenters. The van der Waals surface area contributed by atoms with E-state index in [1.165, 1.54) is 11.1 Å². The largest absolute Gasteiger partial charge is 0.306 e. The molecule has 3 heteroatoms. The van der Waals surface area contributed by atoms with Gasteiger partial charge in [-0.1, -0.05) is 54.1 Å². The van der Waals surface area contributed by atoms with Gasteiger partial charge in [0.2, 0.25) is 0 Å². The van der Waals surface area contributed by atoms with E-state index in [9.17, 15) is 0 Å². The summed E-state index contributed by atoms with van der Waals surface area (Å²) in [5.74, 6) is 0. The average molecular weight is 305 g/mol. The van der Waals surface area contributed by atoms with Crippen LogP contribution in [0, 0.1) is 0 Å². The van der Waals surface area contributed by atoms with E-state index in [0.717, 1.165) is 21.9 Å². The molecule has 0 amide bonds. The van der Waals surface area contributed by atoms with Crippen LogP contribution in [-0.4, -0.2) is 9.38 Å². The standard InChI is InChI=1S/C19H13ClN2/c20-17-9-6-15(7-10-17)18-13-22-12-16(8-11-19(22)21-18)14-4-2-1-3-5-14/h1-13H. The maximum absolute atomic E-state index is 5.94. The average Bonchev–Trinajstić information content (AvgIpc) is 2.99. The smallest absolute Gasteiger partial charge is 0.137 e. The first kappa shape index (κ1) is 13.1. The molecule has 0 bridgehead atoms. The summed E-state index contributed by atoms with van der Waals surface area (Å²) in [6.45, 7) is 0. The molecule has 2 aromatic carbocycles. The number of hydrogen-bond acceptors (Lipinski definition) is 1. The van der Waals surface area contributed by atoms with Gasteiger partial charge in [0, 0.05) is 23.0 Å². The van der Waals surface area contributed by atoms with Crippen molar-refractivity contribution >= 4 is 17.2 Å². The Bertz CT molecular complexity index is 925. The van der Waals surface area contributed by atoms with Crippen molar-refractivity contribution in [3.63, 3.8) is 0 Å². The van der Waals surface area contributed by atoms with E-state index < -0.39 is 0 Å². The van der Waals surface area contributed by atoms with E-state index in [1.807, 2.05) is 54.7 Å². The van der Waals surface area contributed by atoms with Crippen LogP contribution in [-0.2, 0) is 0 Å². The Morgan fingerprint density at radius 3 is 2.18 bits per heavy atom. The number of imidazole rings is 1. The van der Waals surface area contributed by atoms with Crippen LogP contribution in [0.5, 0.6) is 0 Å². The topological polar surface area (TPSA) is 17.3 Å². The fourth-order valence-corrected chi connectivity index (χ4v) is 2.68. The number of halogens is 1. The van der Waals surface area contributed by atoms with Crippen molar-refractivity contribution in [2.45, 2.75) is 0 Å². The summed E-state index contributed by atoms with van der Waals surface area (Å²) in [7, 11) is 0. The third kappa shape index (κ3) is 2.38. The molecule has 0 fully saturated rings. The second-order valence-electron chi connectivity index (χ2n) is 5.18. The lowest BCUT2D eigenvalue weighted by atomic mass is 10.1. The molecule has 2 aromatic heterocycles. The summed E-state index contributed by atoms with van der Waals surface area (Å²) >= 11 is 5.94. The molecule has 0 radical (unpaired) electrons. The first-order chi connectivity index (χ1) is 10.8. The molecule has 22 heavy (non-hydrogen) atoms. The van der Waals surface area contributed by atoms with Gasteiger partial charge in [-0.3, -0.25) is 0 Å². The van der Waals surface area contributed by atoms with Gasteiger partial charge in [0.15, 0.2) is 0 Å². The zero-order valence-electron chi connectivity index (χ0n) is 11.8. The molecule has 2 nitrogen and oxygen atoms in total. The van der Waals surface area contributed by atoms with Gasteiger partial charge in [-0.25, -0.2) is 4.98 Å². The van der Waals surface area contributed by atoms with Gasteiger partial charge in [-0.2, -0.15) is 0 Å². The Morgan fingerprint density at radius 1 is 0.682 bits per heavy atom. The minimum absolute atomic E-state index is 0.735. The van der Waals surface area contributed by atoms with Crippen molar-refractivity contribution in [2.24, 2.45) is 0 Å². The molecule has 4 rings (SSSR count). The quantitative estimate of drug-likeness (QED) is 0.490. The minimum Gasteiger partial charge on any atom is -0.306 e. The number of rotatable bonds is 2. The molecular formula is C19H13ClN2. The Balaban J connectivity index is 1.80. The summed E-state index contributed by atoms with van der Waals surface area (Å²) in [5.41, 5.74) is 5.32. The molecule has 0 aliphatic carbocycles. The maximum Gasteiger partial charge on any atom is 0.137 e. The van der Waals surface area contributed by atoms with Gasteiger partial charge in [0.05, 0.1) is 5.69 Å². The van der Waals surface area contributed by atoms with Crippen molar-refractivity contribution in [3.05, 3.63) is 84.1 Å². The molecular weight excluding hydrogens is 292 g/mol. The van der Waals surface area contributed by atoms with Crippen LogP contribution < -0.4 is 0 Å². The summed E-state index contributed by atoms with van der Waals surface area (Å²) < 4.78 is 2.06. The molecule has 106 valence electrons. The molecule has 2 heterocycles. The van der Waals surface area contributed by atoms with Crippen LogP contribution in [0.4, 0.5) is 0 Å². The third-order valence-electron chi connectivity index (χ3n) is 3.70. The van der Waals surface area contributed by atoms with E-state index in [1.54, 1.807) is 0 Å². The summed E-state index contributed by atoms with van der Waals surface area (Å²) in [5, 5.41) is 0.735. The number of benzene rings is 2. The van der Waals surface area contributed by atoms with E-state index in [-0.39, 0.29) is 0 Å². The highest BCUT2D eigenvalue weighted by molar-refractivity contribution is 6.30. The highest BCUT2D eigenvalue weighted by Crippen LogP contribution is 2.24. The Kier molecular flexibility index (Phi) is 3.17. The zero-order chi connectivity index (χ0) is 14.9. The molecule has 0 unspecified atom stereocenters. The lowest BCUT2D eigenvalue weighted by Crippen LogP contribution is -1.84.